The van der Waals surface area contributed by atoms with Crippen LogP contribution in [0.25, 0.3) is 11.5 Å². The summed E-state index contributed by atoms with van der Waals surface area (Å²) in [6.45, 7) is 3.73. The number of hydrogen-bond acceptors (Lipinski definition) is 7. The molecule has 8 nitrogen and oxygen atoms in total. The predicted octanol–water partition coefficient (Wildman–Crippen LogP) is 1.69. The SMILES string of the molecule is CNC(C)Cc1noc(-c2cc(C)cc([N+](=O)[O-])c2N)n1. The predicted molar refractivity (Wildman–Crippen MR) is 77.8 cm³/mol. The van der Waals surface area contributed by atoms with Crippen LogP contribution in [0.15, 0.2) is 16.7 Å². The number of nitro benzene ring substituents is 1. The van der Waals surface area contributed by atoms with Gasteiger partial charge in [0.05, 0.1) is 10.5 Å². The molecule has 0 spiro atoms. The average molecular weight is 291 g/mol. The third kappa shape index (κ3) is 3.16. The van der Waals surface area contributed by atoms with Crippen molar-refractivity contribution < 1.29 is 9.45 Å². The number of nitrogens with two attached hydrogens (primary N) is 1. The van der Waals surface area contributed by atoms with Gasteiger partial charge in [0.25, 0.3) is 11.6 Å². The van der Waals surface area contributed by atoms with Crippen LogP contribution < -0.4 is 11.1 Å². The molecular weight excluding hydrogens is 274 g/mol. The Morgan fingerprint density at radius 2 is 2.24 bits per heavy atom. The number of nitrogens with zero attached hydrogens (tertiary/aromatic N) is 3. The molecule has 0 amide bonds. The molecule has 112 valence electrons. The van der Waals surface area contributed by atoms with Gasteiger partial charge < -0.3 is 15.6 Å². The minimum absolute atomic E-state index is 0.0301. The van der Waals surface area contributed by atoms with E-state index in [4.69, 9.17) is 10.3 Å². The Morgan fingerprint density at radius 1 is 1.52 bits per heavy atom. The first-order valence-corrected chi connectivity index (χ1v) is 6.47. The summed E-state index contributed by atoms with van der Waals surface area (Å²) in [5.74, 6) is 0.716. The molecule has 3 N–H and O–H groups in total. The van der Waals surface area contributed by atoms with Crippen LogP contribution in [-0.2, 0) is 6.42 Å². The zero-order valence-corrected chi connectivity index (χ0v) is 12.1. The molecule has 0 aliphatic heterocycles. The summed E-state index contributed by atoms with van der Waals surface area (Å²) in [5, 5.41) is 17.9. The number of hydrogen-bond donors (Lipinski definition) is 2. The van der Waals surface area contributed by atoms with Gasteiger partial charge in [0.15, 0.2) is 5.82 Å². The summed E-state index contributed by atoms with van der Waals surface area (Å²) in [7, 11) is 1.84. The van der Waals surface area contributed by atoms with Crippen molar-refractivity contribution in [3.05, 3.63) is 33.6 Å². The number of rotatable bonds is 5. The van der Waals surface area contributed by atoms with Crippen LogP contribution in [0.4, 0.5) is 11.4 Å². The van der Waals surface area contributed by atoms with Crippen molar-refractivity contribution in [1.82, 2.24) is 15.5 Å². The van der Waals surface area contributed by atoms with E-state index in [9.17, 15) is 10.1 Å². The van der Waals surface area contributed by atoms with E-state index in [1.54, 1.807) is 13.0 Å². The number of likely N-dealkylation sites (N-methyl/N-ethyl adjacent to an activating group) is 1. The number of benzene rings is 1. The lowest BCUT2D eigenvalue weighted by molar-refractivity contribution is -0.383. The van der Waals surface area contributed by atoms with E-state index < -0.39 is 4.92 Å². The fourth-order valence-corrected chi connectivity index (χ4v) is 1.93. The monoisotopic (exact) mass is 291 g/mol. The quantitative estimate of drug-likeness (QED) is 0.488. The molecule has 0 radical (unpaired) electrons. The summed E-state index contributed by atoms with van der Waals surface area (Å²) in [6, 6.07) is 3.31. The van der Waals surface area contributed by atoms with Crippen LogP contribution in [0.1, 0.15) is 18.3 Å². The number of nitrogen functional groups attached to an aromatic ring is 1. The molecule has 0 bridgehead atoms. The number of aromatic nitrogens is 2. The number of nitro groups is 1. The normalized spacial score (nSPS) is 12.3. The van der Waals surface area contributed by atoms with E-state index in [1.807, 2.05) is 14.0 Å². The first-order valence-electron chi connectivity index (χ1n) is 6.47. The van der Waals surface area contributed by atoms with Crippen LogP contribution in [0, 0.1) is 17.0 Å². The summed E-state index contributed by atoms with van der Waals surface area (Å²) in [6.07, 6.45) is 0.591. The summed E-state index contributed by atoms with van der Waals surface area (Å²) in [5.41, 5.74) is 6.80. The average Bonchev–Trinajstić information content (AvgIpc) is 2.88. The highest BCUT2D eigenvalue weighted by Crippen LogP contribution is 2.33. The van der Waals surface area contributed by atoms with Crippen LogP contribution in [-0.4, -0.2) is 28.2 Å². The Morgan fingerprint density at radius 3 is 2.86 bits per heavy atom. The second-order valence-corrected chi connectivity index (χ2v) is 4.91. The van der Waals surface area contributed by atoms with Crippen LogP contribution in [0.3, 0.4) is 0 Å². The highest BCUT2D eigenvalue weighted by atomic mass is 16.6. The van der Waals surface area contributed by atoms with Gasteiger partial charge in [-0.3, -0.25) is 10.1 Å². The van der Waals surface area contributed by atoms with Gasteiger partial charge >= 0.3 is 0 Å². The standard InChI is InChI=1S/C13H17N5O3/c1-7-4-9(12(14)10(5-7)18(19)20)13-16-11(17-21-13)6-8(2)15-3/h4-5,8,15H,6,14H2,1-3H3. The second-order valence-electron chi connectivity index (χ2n) is 4.91. The lowest BCUT2D eigenvalue weighted by atomic mass is 10.1. The summed E-state index contributed by atoms with van der Waals surface area (Å²) < 4.78 is 5.18. The van der Waals surface area contributed by atoms with Gasteiger partial charge in [0.2, 0.25) is 0 Å². The van der Waals surface area contributed by atoms with Gasteiger partial charge in [0.1, 0.15) is 5.69 Å². The molecule has 0 aliphatic rings. The highest BCUT2D eigenvalue weighted by molar-refractivity contribution is 5.79. The minimum Gasteiger partial charge on any atom is -0.393 e. The van der Waals surface area contributed by atoms with Gasteiger partial charge in [-0.1, -0.05) is 5.16 Å². The molecule has 2 rings (SSSR count). The fourth-order valence-electron chi connectivity index (χ4n) is 1.93. The van der Waals surface area contributed by atoms with Crippen molar-refractivity contribution in [2.75, 3.05) is 12.8 Å². The van der Waals surface area contributed by atoms with Crippen molar-refractivity contribution in [2.45, 2.75) is 26.3 Å². The first-order chi connectivity index (χ1) is 9.92. The molecule has 0 saturated heterocycles. The Labute approximate surface area is 121 Å². The highest BCUT2D eigenvalue weighted by Gasteiger charge is 2.21. The molecule has 1 aromatic carbocycles. The minimum atomic E-state index is -0.522. The van der Waals surface area contributed by atoms with Crippen LogP contribution in [0.2, 0.25) is 0 Å². The first kappa shape index (κ1) is 14.9. The molecule has 0 fully saturated rings. The molecule has 1 atom stereocenters. The Kier molecular flexibility index (Phi) is 4.18. The Hall–Kier alpha value is -2.48. The molecular formula is C13H17N5O3. The third-order valence-corrected chi connectivity index (χ3v) is 3.18. The van der Waals surface area contributed by atoms with Gasteiger partial charge in [0, 0.05) is 18.5 Å². The number of nitrogens with one attached hydrogen (secondary N) is 1. The third-order valence-electron chi connectivity index (χ3n) is 3.18. The van der Waals surface area contributed by atoms with Crippen molar-refractivity contribution in [2.24, 2.45) is 0 Å². The van der Waals surface area contributed by atoms with E-state index in [-0.39, 0.29) is 23.3 Å². The number of aryl methyl sites for hydroxylation is 1. The van der Waals surface area contributed by atoms with E-state index in [2.05, 4.69) is 15.5 Å². The maximum atomic E-state index is 11.0. The molecule has 1 heterocycles. The maximum absolute atomic E-state index is 11.0. The topological polar surface area (TPSA) is 120 Å². The Bertz CT molecular complexity index is 668. The maximum Gasteiger partial charge on any atom is 0.293 e. The van der Waals surface area contributed by atoms with Crippen molar-refractivity contribution >= 4 is 11.4 Å². The molecule has 8 heteroatoms. The van der Waals surface area contributed by atoms with Gasteiger partial charge in [-0.05, 0) is 32.5 Å². The largest absolute Gasteiger partial charge is 0.393 e. The van der Waals surface area contributed by atoms with Crippen molar-refractivity contribution in [3.8, 4) is 11.5 Å². The van der Waals surface area contributed by atoms with Gasteiger partial charge in [-0.15, -0.1) is 0 Å². The molecule has 2 aromatic rings. The van der Waals surface area contributed by atoms with Crippen LogP contribution in [0.5, 0.6) is 0 Å². The Balaban J connectivity index is 2.40. The second kappa shape index (κ2) is 5.88. The molecule has 0 aliphatic carbocycles. The van der Waals surface area contributed by atoms with Gasteiger partial charge in [-0.25, -0.2) is 0 Å². The lowest BCUT2D eigenvalue weighted by Crippen LogP contribution is -2.24. The van der Waals surface area contributed by atoms with Crippen molar-refractivity contribution in [3.63, 3.8) is 0 Å². The smallest absolute Gasteiger partial charge is 0.293 e. The van der Waals surface area contributed by atoms with E-state index in [1.165, 1.54) is 6.07 Å². The van der Waals surface area contributed by atoms with Crippen LogP contribution >= 0.6 is 0 Å². The zero-order valence-electron chi connectivity index (χ0n) is 12.1. The van der Waals surface area contributed by atoms with E-state index in [0.29, 0.717) is 23.4 Å². The lowest BCUT2D eigenvalue weighted by Gasteiger charge is -2.05. The van der Waals surface area contributed by atoms with E-state index in [0.717, 1.165) is 0 Å². The molecule has 0 saturated carbocycles. The number of anilines is 1. The molecule has 1 unspecified atom stereocenters. The molecule has 1 aromatic heterocycles. The van der Waals surface area contributed by atoms with E-state index >= 15 is 0 Å². The van der Waals surface area contributed by atoms with Crippen molar-refractivity contribution in [1.29, 1.82) is 0 Å². The molecule has 21 heavy (non-hydrogen) atoms. The summed E-state index contributed by atoms with van der Waals surface area (Å²) in [4.78, 5) is 14.7. The fraction of sp³-hybridized carbons (Fsp3) is 0.385. The zero-order chi connectivity index (χ0) is 15.6. The van der Waals surface area contributed by atoms with Gasteiger partial charge in [-0.2, -0.15) is 4.98 Å². The summed E-state index contributed by atoms with van der Waals surface area (Å²) >= 11 is 0.